The number of rotatable bonds is 3. The summed E-state index contributed by atoms with van der Waals surface area (Å²) in [4.78, 5) is 4.54. The molecule has 1 atom stereocenters. The lowest BCUT2D eigenvalue weighted by Gasteiger charge is -2.35. The fraction of sp³-hybridized carbons (Fsp3) is 0.389. The fourth-order valence-corrected chi connectivity index (χ4v) is 4.92. The molecular weight excluding hydrogens is 344 g/mol. The van der Waals surface area contributed by atoms with Crippen LogP contribution >= 0.6 is 11.6 Å². The molecule has 0 aliphatic carbocycles. The first-order valence-electron chi connectivity index (χ1n) is 8.10. The molecule has 0 bridgehead atoms. The van der Waals surface area contributed by atoms with E-state index in [0.717, 1.165) is 36.0 Å². The molecule has 1 aromatic carbocycles. The van der Waals surface area contributed by atoms with Crippen molar-refractivity contribution < 1.29 is 8.42 Å². The van der Waals surface area contributed by atoms with E-state index in [4.69, 9.17) is 11.6 Å². The van der Waals surface area contributed by atoms with Crippen molar-refractivity contribution in [3.63, 3.8) is 0 Å². The maximum atomic E-state index is 13.1. The summed E-state index contributed by atoms with van der Waals surface area (Å²) in [6.45, 7) is 4.37. The van der Waals surface area contributed by atoms with Crippen LogP contribution in [0.3, 0.4) is 0 Å². The molecular formula is C18H21ClN2O2S. The smallest absolute Gasteiger partial charge is 0.243 e. The minimum Gasteiger partial charge on any atom is -0.244 e. The zero-order valence-corrected chi connectivity index (χ0v) is 15.4. The van der Waals surface area contributed by atoms with Gasteiger partial charge in [0, 0.05) is 12.7 Å². The topological polar surface area (TPSA) is 50.3 Å². The van der Waals surface area contributed by atoms with Gasteiger partial charge in [-0.15, -0.1) is 0 Å². The Morgan fingerprint density at radius 1 is 1.17 bits per heavy atom. The van der Waals surface area contributed by atoms with Crippen molar-refractivity contribution in [1.29, 1.82) is 0 Å². The zero-order valence-electron chi connectivity index (χ0n) is 13.9. The van der Waals surface area contributed by atoms with Crippen molar-refractivity contribution in [2.75, 3.05) is 6.54 Å². The first kappa shape index (κ1) is 17.4. The molecule has 1 saturated heterocycles. The van der Waals surface area contributed by atoms with Gasteiger partial charge in [0.05, 0.1) is 10.9 Å². The molecule has 1 unspecified atom stereocenters. The van der Waals surface area contributed by atoms with Crippen LogP contribution in [-0.2, 0) is 10.0 Å². The van der Waals surface area contributed by atoms with E-state index in [1.807, 2.05) is 32.0 Å². The average molecular weight is 365 g/mol. The first-order valence-corrected chi connectivity index (χ1v) is 9.92. The molecule has 1 aromatic heterocycles. The maximum absolute atomic E-state index is 13.1. The van der Waals surface area contributed by atoms with Crippen LogP contribution < -0.4 is 0 Å². The molecule has 4 nitrogen and oxygen atoms in total. The lowest BCUT2D eigenvalue weighted by atomic mass is 9.98. The summed E-state index contributed by atoms with van der Waals surface area (Å²) in [6.07, 6.45) is 4.38. The van der Waals surface area contributed by atoms with Crippen molar-refractivity contribution in [3.05, 3.63) is 58.4 Å². The Kier molecular flexibility index (Phi) is 4.95. The second-order valence-corrected chi connectivity index (χ2v) is 8.57. The van der Waals surface area contributed by atoms with Gasteiger partial charge in [0.1, 0.15) is 5.15 Å². The Hall–Kier alpha value is -1.43. The van der Waals surface area contributed by atoms with Crippen molar-refractivity contribution in [2.45, 2.75) is 44.0 Å². The number of pyridine rings is 1. The summed E-state index contributed by atoms with van der Waals surface area (Å²) in [5.41, 5.74) is 2.82. The van der Waals surface area contributed by atoms with Crippen LogP contribution in [0.5, 0.6) is 0 Å². The van der Waals surface area contributed by atoms with Gasteiger partial charge < -0.3 is 0 Å². The summed E-state index contributed by atoms with van der Waals surface area (Å²) < 4.78 is 27.8. The molecule has 0 amide bonds. The van der Waals surface area contributed by atoms with E-state index in [2.05, 4.69) is 4.98 Å². The van der Waals surface area contributed by atoms with Gasteiger partial charge in [-0.3, -0.25) is 0 Å². The molecule has 0 N–H and O–H groups in total. The Morgan fingerprint density at radius 2 is 1.88 bits per heavy atom. The highest BCUT2D eigenvalue weighted by atomic mass is 35.5. The summed E-state index contributed by atoms with van der Waals surface area (Å²) in [5, 5.41) is 0.461. The largest absolute Gasteiger partial charge is 0.244 e. The van der Waals surface area contributed by atoms with Crippen LogP contribution in [0.25, 0.3) is 0 Å². The first-order chi connectivity index (χ1) is 11.4. The number of piperidine rings is 1. The highest BCUT2D eigenvalue weighted by molar-refractivity contribution is 7.89. The standard InChI is InChI=1S/C18H21ClN2O2S/c1-13-6-8-16(9-7-13)24(22,23)21-10-4-3-5-17(21)15-11-14(2)18(19)20-12-15/h6-9,11-12,17H,3-5,10H2,1-2H3. The van der Waals surface area contributed by atoms with Crippen molar-refractivity contribution in [3.8, 4) is 0 Å². The number of benzene rings is 1. The van der Waals surface area contributed by atoms with Gasteiger partial charge in [0.15, 0.2) is 0 Å². The Labute approximate surface area is 148 Å². The quantitative estimate of drug-likeness (QED) is 0.764. The minimum absolute atomic E-state index is 0.187. The van der Waals surface area contributed by atoms with Crippen LogP contribution in [0, 0.1) is 13.8 Å². The van der Waals surface area contributed by atoms with Gasteiger partial charge in [-0.1, -0.05) is 35.7 Å². The van der Waals surface area contributed by atoms with Crippen LogP contribution in [0.2, 0.25) is 5.15 Å². The molecule has 128 valence electrons. The number of halogens is 1. The van der Waals surface area contributed by atoms with Crippen LogP contribution in [0.15, 0.2) is 41.4 Å². The summed E-state index contributed by atoms with van der Waals surface area (Å²) in [6, 6.07) is 8.79. The SMILES string of the molecule is Cc1ccc(S(=O)(=O)N2CCCCC2c2cnc(Cl)c(C)c2)cc1. The molecule has 1 aliphatic rings. The van der Waals surface area contributed by atoms with Gasteiger partial charge in [-0.25, -0.2) is 13.4 Å². The van der Waals surface area contributed by atoms with E-state index in [9.17, 15) is 8.42 Å². The highest BCUT2D eigenvalue weighted by Gasteiger charge is 2.34. The third kappa shape index (κ3) is 3.34. The molecule has 0 spiro atoms. The molecule has 2 aromatic rings. The summed E-state index contributed by atoms with van der Waals surface area (Å²) in [7, 11) is -3.53. The molecule has 0 saturated carbocycles. The molecule has 1 aliphatic heterocycles. The number of aromatic nitrogens is 1. The van der Waals surface area contributed by atoms with Crippen molar-refractivity contribution in [2.24, 2.45) is 0 Å². The molecule has 1 fully saturated rings. The second-order valence-electron chi connectivity index (χ2n) is 6.32. The van der Waals surface area contributed by atoms with E-state index in [0.29, 0.717) is 16.6 Å². The fourth-order valence-electron chi connectivity index (χ4n) is 3.13. The summed E-state index contributed by atoms with van der Waals surface area (Å²) in [5.74, 6) is 0. The summed E-state index contributed by atoms with van der Waals surface area (Å²) >= 11 is 6.01. The number of aryl methyl sites for hydroxylation is 2. The van der Waals surface area contributed by atoms with Gasteiger partial charge in [-0.05, 0) is 56.0 Å². The van der Waals surface area contributed by atoms with Crippen LogP contribution in [0.4, 0.5) is 0 Å². The van der Waals surface area contributed by atoms with E-state index >= 15 is 0 Å². The van der Waals surface area contributed by atoms with Gasteiger partial charge in [-0.2, -0.15) is 4.31 Å². The molecule has 2 heterocycles. The second kappa shape index (κ2) is 6.82. The lowest BCUT2D eigenvalue weighted by molar-refractivity contribution is 0.255. The van der Waals surface area contributed by atoms with Crippen molar-refractivity contribution >= 4 is 21.6 Å². The normalized spacial score (nSPS) is 19.4. The van der Waals surface area contributed by atoms with Gasteiger partial charge in [0.2, 0.25) is 10.0 Å². The van der Waals surface area contributed by atoms with E-state index in [1.54, 1.807) is 22.6 Å². The zero-order chi connectivity index (χ0) is 17.3. The van der Waals surface area contributed by atoms with E-state index in [-0.39, 0.29) is 6.04 Å². The monoisotopic (exact) mass is 364 g/mol. The van der Waals surface area contributed by atoms with E-state index < -0.39 is 10.0 Å². The highest BCUT2D eigenvalue weighted by Crippen LogP contribution is 2.36. The molecule has 3 rings (SSSR count). The predicted octanol–water partition coefficient (Wildman–Crippen LogP) is 4.27. The average Bonchev–Trinajstić information content (AvgIpc) is 2.58. The van der Waals surface area contributed by atoms with E-state index in [1.165, 1.54) is 0 Å². The third-order valence-corrected chi connectivity index (χ3v) is 6.82. The van der Waals surface area contributed by atoms with Gasteiger partial charge >= 0.3 is 0 Å². The third-order valence-electron chi connectivity index (χ3n) is 4.50. The van der Waals surface area contributed by atoms with Crippen LogP contribution in [-0.4, -0.2) is 24.3 Å². The molecule has 6 heteroatoms. The Bertz CT molecular complexity index is 835. The molecule has 24 heavy (non-hydrogen) atoms. The van der Waals surface area contributed by atoms with Crippen LogP contribution in [0.1, 0.15) is 42.0 Å². The minimum atomic E-state index is -3.53. The Morgan fingerprint density at radius 3 is 2.54 bits per heavy atom. The van der Waals surface area contributed by atoms with Gasteiger partial charge in [0.25, 0.3) is 0 Å². The maximum Gasteiger partial charge on any atom is 0.243 e. The number of nitrogens with zero attached hydrogens (tertiary/aromatic N) is 2. The number of sulfonamides is 1. The lowest BCUT2D eigenvalue weighted by Crippen LogP contribution is -2.38. The number of hydrogen-bond donors (Lipinski definition) is 0. The molecule has 0 radical (unpaired) electrons. The Balaban J connectivity index is 2.00. The number of hydrogen-bond acceptors (Lipinski definition) is 3. The predicted molar refractivity (Wildman–Crippen MR) is 95.6 cm³/mol. The van der Waals surface area contributed by atoms with Crippen molar-refractivity contribution in [1.82, 2.24) is 9.29 Å².